The lowest BCUT2D eigenvalue weighted by atomic mass is 9.95. The first-order valence-corrected chi connectivity index (χ1v) is 7.44. The van der Waals surface area contributed by atoms with E-state index in [9.17, 15) is 4.79 Å². The zero-order valence-electron chi connectivity index (χ0n) is 12.9. The number of likely N-dealkylation sites (N-methyl/N-ethyl adjacent to an activating group) is 1. The van der Waals surface area contributed by atoms with E-state index in [1.807, 2.05) is 18.2 Å². The van der Waals surface area contributed by atoms with Crippen LogP contribution in [0.2, 0.25) is 0 Å². The van der Waals surface area contributed by atoms with Crippen LogP contribution in [-0.2, 0) is 11.2 Å². The minimum atomic E-state index is -0.140. The molecule has 2 atom stereocenters. The van der Waals surface area contributed by atoms with Crippen molar-refractivity contribution in [2.75, 3.05) is 26.8 Å². The molecule has 0 fully saturated rings. The second kappa shape index (κ2) is 7.31. The van der Waals surface area contributed by atoms with Gasteiger partial charge >= 0.3 is 0 Å². The van der Waals surface area contributed by atoms with Gasteiger partial charge in [-0.15, -0.1) is 0 Å². The molecule has 0 saturated heterocycles. The Hall–Kier alpha value is -1.75. The Morgan fingerprint density at radius 3 is 3.05 bits per heavy atom. The maximum atomic E-state index is 12.2. The average molecular weight is 292 g/mol. The predicted octanol–water partition coefficient (Wildman–Crippen LogP) is 1.36. The lowest BCUT2D eigenvalue weighted by Crippen LogP contribution is -2.43. The van der Waals surface area contributed by atoms with Crippen LogP contribution < -0.4 is 20.1 Å². The molecule has 1 amide bonds. The molecule has 2 N–H and O–H groups in total. The number of ether oxygens (including phenoxy) is 2. The summed E-state index contributed by atoms with van der Waals surface area (Å²) in [6.45, 7) is 6.07. The Labute approximate surface area is 126 Å². The van der Waals surface area contributed by atoms with Crippen molar-refractivity contribution < 1.29 is 14.3 Å². The third kappa shape index (κ3) is 4.11. The highest BCUT2D eigenvalue weighted by Gasteiger charge is 2.26. The largest absolute Gasteiger partial charge is 0.497 e. The molecule has 1 unspecified atom stereocenters. The standard InChI is InChI=1S/C16H24N2O3/c1-4-17-11(2)9-18-16(19)13-7-12-8-14(20-3)5-6-15(12)21-10-13/h5-6,8,11,13,17H,4,7,9-10H2,1-3H3,(H,18,19)/t11-,13?/m1/s1. The van der Waals surface area contributed by atoms with Crippen molar-refractivity contribution >= 4 is 5.91 Å². The maximum absolute atomic E-state index is 12.2. The molecule has 0 saturated carbocycles. The van der Waals surface area contributed by atoms with E-state index in [4.69, 9.17) is 9.47 Å². The van der Waals surface area contributed by atoms with Crippen LogP contribution in [0.3, 0.4) is 0 Å². The van der Waals surface area contributed by atoms with Crippen LogP contribution in [0.15, 0.2) is 18.2 Å². The summed E-state index contributed by atoms with van der Waals surface area (Å²) >= 11 is 0. The van der Waals surface area contributed by atoms with Gasteiger partial charge in [-0.3, -0.25) is 4.79 Å². The number of carbonyl (C=O) groups is 1. The fraction of sp³-hybridized carbons (Fsp3) is 0.562. The van der Waals surface area contributed by atoms with Crippen LogP contribution in [0.1, 0.15) is 19.4 Å². The van der Waals surface area contributed by atoms with Crippen LogP contribution in [0.4, 0.5) is 0 Å². The lowest BCUT2D eigenvalue weighted by Gasteiger charge is -2.25. The fourth-order valence-electron chi connectivity index (χ4n) is 2.48. The summed E-state index contributed by atoms with van der Waals surface area (Å²) in [7, 11) is 1.64. The molecule has 1 aliphatic rings. The molecule has 1 aromatic rings. The van der Waals surface area contributed by atoms with Gasteiger partial charge in [0.2, 0.25) is 5.91 Å². The van der Waals surface area contributed by atoms with Crippen molar-refractivity contribution in [2.45, 2.75) is 26.3 Å². The number of nitrogens with one attached hydrogen (secondary N) is 2. The summed E-state index contributed by atoms with van der Waals surface area (Å²) in [5.41, 5.74) is 1.03. The number of hydrogen-bond acceptors (Lipinski definition) is 4. The van der Waals surface area contributed by atoms with Crippen LogP contribution in [0, 0.1) is 5.92 Å². The van der Waals surface area contributed by atoms with Gasteiger partial charge in [-0.25, -0.2) is 0 Å². The number of fused-ring (bicyclic) bond motifs is 1. The second-order valence-electron chi connectivity index (χ2n) is 5.39. The molecule has 1 aliphatic heterocycles. The topological polar surface area (TPSA) is 59.6 Å². The lowest BCUT2D eigenvalue weighted by molar-refractivity contribution is -0.126. The van der Waals surface area contributed by atoms with E-state index in [1.54, 1.807) is 7.11 Å². The number of methoxy groups -OCH3 is 1. The highest BCUT2D eigenvalue weighted by molar-refractivity contribution is 5.79. The molecule has 0 aliphatic carbocycles. The number of hydrogen-bond donors (Lipinski definition) is 2. The Morgan fingerprint density at radius 2 is 2.33 bits per heavy atom. The summed E-state index contributed by atoms with van der Waals surface area (Å²) in [6.07, 6.45) is 0.688. The highest BCUT2D eigenvalue weighted by Crippen LogP contribution is 2.30. The quantitative estimate of drug-likeness (QED) is 0.831. The van der Waals surface area contributed by atoms with Crippen molar-refractivity contribution in [1.82, 2.24) is 10.6 Å². The number of amides is 1. The van der Waals surface area contributed by atoms with Crippen LogP contribution in [0.25, 0.3) is 0 Å². The van der Waals surface area contributed by atoms with Gasteiger partial charge in [0.05, 0.1) is 13.0 Å². The molecule has 0 aromatic heterocycles. The molecule has 21 heavy (non-hydrogen) atoms. The van der Waals surface area contributed by atoms with Crippen molar-refractivity contribution in [3.63, 3.8) is 0 Å². The zero-order valence-corrected chi connectivity index (χ0v) is 12.9. The number of rotatable bonds is 6. The van der Waals surface area contributed by atoms with Crippen molar-refractivity contribution in [3.05, 3.63) is 23.8 Å². The van der Waals surface area contributed by atoms with Crippen molar-refractivity contribution in [3.8, 4) is 11.5 Å². The van der Waals surface area contributed by atoms with E-state index in [2.05, 4.69) is 24.5 Å². The third-order valence-electron chi connectivity index (χ3n) is 3.68. The average Bonchev–Trinajstić information content (AvgIpc) is 2.51. The molecule has 1 aromatic carbocycles. The SMILES string of the molecule is CCN[C@H](C)CNC(=O)C1COc2ccc(OC)cc2C1. The number of benzene rings is 1. The summed E-state index contributed by atoms with van der Waals surface area (Å²) in [5, 5.41) is 6.26. The van der Waals surface area contributed by atoms with E-state index >= 15 is 0 Å². The molecular weight excluding hydrogens is 268 g/mol. The summed E-state index contributed by atoms with van der Waals surface area (Å²) < 4.78 is 10.9. The molecule has 116 valence electrons. The Bertz CT molecular complexity index is 490. The molecular formula is C16H24N2O3. The minimum absolute atomic E-state index is 0.0493. The van der Waals surface area contributed by atoms with Gasteiger partial charge in [-0.2, -0.15) is 0 Å². The monoisotopic (exact) mass is 292 g/mol. The van der Waals surface area contributed by atoms with E-state index in [-0.39, 0.29) is 17.9 Å². The molecule has 2 rings (SSSR count). The molecule has 1 heterocycles. The molecule has 0 bridgehead atoms. The highest BCUT2D eigenvalue weighted by atomic mass is 16.5. The molecule has 0 spiro atoms. The van der Waals surface area contributed by atoms with Gasteiger partial charge in [-0.05, 0) is 43.7 Å². The maximum Gasteiger partial charge on any atom is 0.226 e. The van der Waals surface area contributed by atoms with E-state index in [1.165, 1.54) is 0 Å². The first kappa shape index (κ1) is 15.6. The smallest absolute Gasteiger partial charge is 0.226 e. The van der Waals surface area contributed by atoms with Gasteiger partial charge in [-0.1, -0.05) is 6.92 Å². The minimum Gasteiger partial charge on any atom is -0.497 e. The van der Waals surface area contributed by atoms with Crippen LogP contribution in [0.5, 0.6) is 11.5 Å². The first-order chi connectivity index (χ1) is 10.1. The first-order valence-electron chi connectivity index (χ1n) is 7.44. The van der Waals surface area contributed by atoms with E-state index in [0.717, 1.165) is 23.6 Å². The molecule has 5 nitrogen and oxygen atoms in total. The van der Waals surface area contributed by atoms with E-state index in [0.29, 0.717) is 19.6 Å². The normalized spacial score (nSPS) is 18.3. The van der Waals surface area contributed by atoms with Crippen molar-refractivity contribution in [2.24, 2.45) is 5.92 Å². The Kier molecular flexibility index (Phi) is 5.44. The molecule has 5 heteroatoms. The van der Waals surface area contributed by atoms with Gasteiger partial charge < -0.3 is 20.1 Å². The Balaban J connectivity index is 1.92. The van der Waals surface area contributed by atoms with Gasteiger partial charge in [0.15, 0.2) is 0 Å². The van der Waals surface area contributed by atoms with Gasteiger partial charge in [0.25, 0.3) is 0 Å². The predicted molar refractivity (Wildman–Crippen MR) is 81.8 cm³/mol. The Morgan fingerprint density at radius 1 is 1.52 bits per heavy atom. The molecule has 0 radical (unpaired) electrons. The van der Waals surface area contributed by atoms with Gasteiger partial charge in [0.1, 0.15) is 18.1 Å². The van der Waals surface area contributed by atoms with Crippen molar-refractivity contribution in [1.29, 1.82) is 0 Å². The second-order valence-corrected chi connectivity index (χ2v) is 5.39. The summed E-state index contributed by atoms with van der Waals surface area (Å²) in [6, 6.07) is 5.99. The zero-order chi connectivity index (χ0) is 15.2. The third-order valence-corrected chi connectivity index (χ3v) is 3.68. The number of carbonyl (C=O) groups excluding carboxylic acids is 1. The van der Waals surface area contributed by atoms with Crippen LogP contribution >= 0.6 is 0 Å². The summed E-state index contributed by atoms with van der Waals surface area (Å²) in [4.78, 5) is 12.2. The van der Waals surface area contributed by atoms with Crippen LogP contribution in [-0.4, -0.2) is 38.8 Å². The van der Waals surface area contributed by atoms with Gasteiger partial charge in [0, 0.05) is 12.6 Å². The fourth-order valence-corrected chi connectivity index (χ4v) is 2.48. The van der Waals surface area contributed by atoms with E-state index < -0.39 is 0 Å². The summed E-state index contributed by atoms with van der Waals surface area (Å²) in [5.74, 6) is 1.55.